The van der Waals surface area contributed by atoms with Crippen LogP contribution >= 0.6 is 0 Å². The van der Waals surface area contributed by atoms with E-state index in [9.17, 15) is 9.59 Å². The Morgan fingerprint density at radius 1 is 1.44 bits per heavy atom. The average molecular weight is 249 g/mol. The van der Waals surface area contributed by atoms with E-state index in [1.165, 1.54) is 11.6 Å². The summed E-state index contributed by atoms with van der Waals surface area (Å²) >= 11 is 0. The van der Waals surface area contributed by atoms with Crippen molar-refractivity contribution in [2.24, 2.45) is 5.92 Å². The zero-order chi connectivity index (χ0) is 13.1. The van der Waals surface area contributed by atoms with E-state index in [-0.39, 0.29) is 17.9 Å². The third kappa shape index (κ3) is 2.97. The van der Waals surface area contributed by atoms with Crippen LogP contribution in [-0.4, -0.2) is 28.7 Å². The molecular formula is C13H19N3O2. The first-order chi connectivity index (χ1) is 8.56. The Labute approximate surface area is 106 Å². The minimum atomic E-state index is -0.207. The summed E-state index contributed by atoms with van der Waals surface area (Å²) < 4.78 is 1.21. The summed E-state index contributed by atoms with van der Waals surface area (Å²) in [6.45, 7) is 5.70. The van der Waals surface area contributed by atoms with Gasteiger partial charge in [0.1, 0.15) is 6.54 Å². The molecule has 5 nitrogen and oxygen atoms in total. The SMILES string of the molecule is CC(=O)Cn1ncc(N2CCC(C)CC2)cc1=O. The molecule has 0 bridgehead atoms. The summed E-state index contributed by atoms with van der Waals surface area (Å²) in [5.41, 5.74) is 0.660. The number of hydrogen-bond donors (Lipinski definition) is 0. The molecule has 0 aromatic carbocycles. The third-order valence-corrected chi connectivity index (χ3v) is 3.38. The second kappa shape index (κ2) is 5.33. The molecule has 5 heteroatoms. The lowest BCUT2D eigenvalue weighted by Gasteiger charge is -2.31. The fourth-order valence-electron chi connectivity index (χ4n) is 2.19. The van der Waals surface area contributed by atoms with Crippen molar-refractivity contribution in [2.75, 3.05) is 18.0 Å². The molecule has 0 atom stereocenters. The third-order valence-electron chi connectivity index (χ3n) is 3.38. The molecule has 1 saturated heterocycles. The zero-order valence-electron chi connectivity index (χ0n) is 10.9. The van der Waals surface area contributed by atoms with Crippen LogP contribution in [-0.2, 0) is 11.3 Å². The number of Topliss-reactive ketones (excluding diaryl/α,β-unsaturated/α-hetero) is 1. The fraction of sp³-hybridized carbons (Fsp3) is 0.615. The molecule has 0 spiro atoms. The van der Waals surface area contributed by atoms with Gasteiger partial charge in [-0.25, -0.2) is 4.68 Å². The van der Waals surface area contributed by atoms with Crippen LogP contribution in [0.25, 0.3) is 0 Å². The molecule has 2 rings (SSSR count). The van der Waals surface area contributed by atoms with Crippen molar-refractivity contribution < 1.29 is 4.79 Å². The molecule has 1 fully saturated rings. The number of rotatable bonds is 3. The molecule has 0 saturated carbocycles. The van der Waals surface area contributed by atoms with Crippen LogP contribution in [0, 0.1) is 5.92 Å². The standard InChI is InChI=1S/C13H19N3O2/c1-10-3-5-15(6-4-10)12-7-13(18)16(14-8-12)9-11(2)17/h7-8,10H,3-6,9H2,1-2H3. The zero-order valence-corrected chi connectivity index (χ0v) is 10.9. The first-order valence-electron chi connectivity index (χ1n) is 6.38. The van der Waals surface area contributed by atoms with E-state index in [0.717, 1.165) is 37.5 Å². The van der Waals surface area contributed by atoms with Gasteiger partial charge in [-0.05, 0) is 25.7 Å². The van der Waals surface area contributed by atoms with Crippen molar-refractivity contribution in [1.29, 1.82) is 0 Å². The van der Waals surface area contributed by atoms with Gasteiger partial charge in [0.15, 0.2) is 5.78 Å². The van der Waals surface area contributed by atoms with E-state index < -0.39 is 0 Å². The monoisotopic (exact) mass is 249 g/mol. The van der Waals surface area contributed by atoms with Crippen LogP contribution in [0.3, 0.4) is 0 Å². The first kappa shape index (κ1) is 12.8. The highest BCUT2D eigenvalue weighted by molar-refractivity contribution is 5.75. The Balaban J connectivity index is 2.13. The maximum Gasteiger partial charge on any atom is 0.269 e. The number of hydrogen-bond acceptors (Lipinski definition) is 4. The van der Waals surface area contributed by atoms with Gasteiger partial charge in [-0.1, -0.05) is 6.92 Å². The Kier molecular flexibility index (Phi) is 3.79. The Bertz CT molecular complexity index is 487. The summed E-state index contributed by atoms with van der Waals surface area (Å²) in [4.78, 5) is 25.0. The molecule has 0 radical (unpaired) electrons. The number of nitrogens with zero attached hydrogens (tertiary/aromatic N) is 3. The van der Waals surface area contributed by atoms with Crippen molar-refractivity contribution >= 4 is 11.5 Å². The van der Waals surface area contributed by atoms with Gasteiger partial charge in [0.2, 0.25) is 0 Å². The first-order valence-corrected chi connectivity index (χ1v) is 6.38. The molecule has 0 amide bonds. The molecule has 1 aromatic heterocycles. The second-order valence-corrected chi connectivity index (χ2v) is 5.08. The van der Waals surface area contributed by atoms with Gasteiger partial charge in [-0.3, -0.25) is 9.59 Å². The molecule has 1 aliphatic rings. The van der Waals surface area contributed by atoms with E-state index in [1.807, 2.05) is 0 Å². The highest BCUT2D eigenvalue weighted by Crippen LogP contribution is 2.20. The largest absolute Gasteiger partial charge is 0.370 e. The van der Waals surface area contributed by atoms with Crippen LogP contribution in [0.4, 0.5) is 5.69 Å². The lowest BCUT2D eigenvalue weighted by molar-refractivity contribution is -0.117. The van der Waals surface area contributed by atoms with Crippen LogP contribution < -0.4 is 10.5 Å². The highest BCUT2D eigenvalue weighted by atomic mass is 16.1. The lowest BCUT2D eigenvalue weighted by Crippen LogP contribution is -2.34. The Morgan fingerprint density at radius 3 is 2.67 bits per heavy atom. The molecule has 98 valence electrons. The van der Waals surface area contributed by atoms with Gasteiger partial charge >= 0.3 is 0 Å². The summed E-state index contributed by atoms with van der Waals surface area (Å²) in [5, 5.41) is 4.05. The topological polar surface area (TPSA) is 55.2 Å². The molecule has 1 aliphatic heterocycles. The average Bonchev–Trinajstić information content (AvgIpc) is 2.32. The number of anilines is 1. The number of ketones is 1. The van der Waals surface area contributed by atoms with Crippen molar-refractivity contribution in [2.45, 2.75) is 33.2 Å². The van der Waals surface area contributed by atoms with Crippen LogP contribution in [0.5, 0.6) is 0 Å². The normalized spacial score (nSPS) is 16.9. The number of aromatic nitrogens is 2. The van der Waals surface area contributed by atoms with Gasteiger partial charge in [-0.2, -0.15) is 5.10 Å². The predicted molar refractivity (Wildman–Crippen MR) is 69.8 cm³/mol. The summed E-state index contributed by atoms with van der Waals surface area (Å²) in [5.74, 6) is 0.691. The van der Waals surface area contributed by atoms with Gasteiger partial charge in [0, 0.05) is 19.2 Å². The predicted octanol–water partition coefficient (Wildman–Crippen LogP) is 1.07. The second-order valence-electron chi connectivity index (χ2n) is 5.08. The van der Waals surface area contributed by atoms with Gasteiger partial charge in [0.25, 0.3) is 5.56 Å². The highest BCUT2D eigenvalue weighted by Gasteiger charge is 2.17. The van der Waals surface area contributed by atoms with E-state index >= 15 is 0 Å². The Hall–Kier alpha value is -1.65. The van der Waals surface area contributed by atoms with Gasteiger partial charge in [-0.15, -0.1) is 0 Å². The van der Waals surface area contributed by atoms with Crippen LogP contribution in [0.2, 0.25) is 0 Å². The number of carbonyl (C=O) groups excluding carboxylic acids is 1. The quantitative estimate of drug-likeness (QED) is 0.804. The van der Waals surface area contributed by atoms with Gasteiger partial charge < -0.3 is 4.90 Å². The molecule has 18 heavy (non-hydrogen) atoms. The van der Waals surface area contributed by atoms with E-state index in [1.54, 1.807) is 12.3 Å². The van der Waals surface area contributed by atoms with E-state index in [2.05, 4.69) is 16.9 Å². The van der Waals surface area contributed by atoms with Crippen LogP contribution in [0.1, 0.15) is 26.7 Å². The van der Waals surface area contributed by atoms with Crippen molar-refractivity contribution in [1.82, 2.24) is 9.78 Å². The molecule has 0 N–H and O–H groups in total. The fourth-order valence-corrected chi connectivity index (χ4v) is 2.19. The maximum absolute atomic E-state index is 11.8. The van der Waals surface area contributed by atoms with Crippen molar-refractivity contribution in [3.05, 3.63) is 22.6 Å². The molecule has 0 aliphatic carbocycles. The van der Waals surface area contributed by atoms with Crippen molar-refractivity contribution in [3.8, 4) is 0 Å². The minimum Gasteiger partial charge on any atom is -0.370 e. The lowest BCUT2D eigenvalue weighted by atomic mass is 9.99. The number of carbonyl (C=O) groups is 1. The van der Waals surface area contributed by atoms with Crippen LogP contribution in [0.15, 0.2) is 17.1 Å². The summed E-state index contributed by atoms with van der Waals surface area (Å²) in [7, 11) is 0. The molecular weight excluding hydrogens is 230 g/mol. The van der Waals surface area contributed by atoms with Crippen molar-refractivity contribution in [3.63, 3.8) is 0 Å². The maximum atomic E-state index is 11.8. The minimum absolute atomic E-state index is 0.0517. The molecule has 1 aromatic rings. The smallest absolute Gasteiger partial charge is 0.269 e. The number of piperidine rings is 1. The summed E-state index contributed by atoms with van der Waals surface area (Å²) in [6, 6.07) is 1.58. The summed E-state index contributed by atoms with van der Waals surface area (Å²) in [6.07, 6.45) is 3.98. The van der Waals surface area contributed by atoms with E-state index in [4.69, 9.17) is 0 Å². The molecule has 2 heterocycles. The van der Waals surface area contributed by atoms with E-state index in [0.29, 0.717) is 0 Å². The van der Waals surface area contributed by atoms with Gasteiger partial charge in [0.05, 0.1) is 11.9 Å². The molecule has 0 unspecified atom stereocenters. The Morgan fingerprint density at radius 2 is 2.11 bits per heavy atom.